The molecular weight excluding hydrogens is 316 g/mol. The van der Waals surface area contributed by atoms with Crippen LogP contribution in [0.25, 0.3) is 0 Å². The van der Waals surface area contributed by atoms with Gasteiger partial charge in [0.2, 0.25) is 17.7 Å². The lowest BCUT2D eigenvalue weighted by atomic mass is 10.2. The fourth-order valence-electron chi connectivity index (χ4n) is 1.98. The van der Waals surface area contributed by atoms with Crippen LogP contribution in [0.15, 0.2) is 35.3 Å². The number of para-hydroxylation sites is 1. The number of nitrogens with one attached hydrogen (secondary N) is 1. The third-order valence-corrected chi connectivity index (χ3v) is 4.27. The predicted molar refractivity (Wildman–Crippen MR) is 89.1 cm³/mol. The Bertz CT molecular complexity index is 647. The van der Waals surface area contributed by atoms with Crippen molar-refractivity contribution in [2.24, 2.45) is 10.7 Å². The summed E-state index contributed by atoms with van der Waals surface area (Å²) in [7, 11) is 0. The number of benzene rings is 1. The minimum Gasteiger partial charge on any atom is -0.368 e. The molecule has 3 amide bonds. The Morgan fingerprint density at radius 1 is 1.30 bits per heavy atom. The van der Waals surface area contributed by atoms with Crippen LogP contribution in [0.5, 0.6) is 0 Å². The van der Waals surface area contributed by atoms with E-state index in [-0.39, 0.29) is 11.7 Å². The minimum absolute atomic E-state index is 0.195. The van der Waals surface area contributed by atoms with E-state index in [1.807, 2.05) is 30.3 Å². The normalized spacial score (nSPS) is 18.8. The first-order chi connectivity index (χ1) is 10.9. The van der Waals surface area contributed by atoms with Crippen LogP contribution < -0.4 is 11.1 Å². The third-order valence-electron chi connectivity index (χ3n) is 3.33. The van der Waals surface area contributed by atoms with Gasteiger partial charge in [0.25, 0.3) is 0 Å². The highest BCUT2D eigenvalue weighted by Gasteiger charge is 2.36. The molecule has 0 aliphatic carbocycles. The number of nitrogens with zero attached hydrogens (tertiary/aromatic N) is 2. The molecule has 0 bridgehead atoms. The molecule has 1 aliphatic heterocycles. The van der Waals surface area contributed by atoms with Crippen molar-refractivity contribution in [1.29, 1.82) is 0 Å². The van der Waals surface area contributed by atoms with Crippen LogP contribution in [0, 0.1) is 0 Å². The average molecular weight is 334 g/mol. The van der Waals surface area contributed by atoms with Crippen molar-refractivity contribution in [1.82, 2.24) is 10.2 Å². The molecule has 1 heterocycles. The summed E-state index contributed by atoms with van der Waals surface area (Å²) >= 11 is 1.28. The Hall–Kier alpha value is -2.35. The SMILES string of the molecule is CC(NC(=O)C(C)N1C(=O)CSC1=Nc1ccccc1)C(N)=O. The second-order valence-electron chi connectivity index (χ2n) is 5.09. The van der Waals surface area contributed by atoms with Crippen molar-refractivity contribution in [3.63, 3.8) is 0 Å². The number of carbonyl (C=O) groups is 3. The van der Waals surface area contributed by atoms with Gasteiger partial charge in [-0.15, -0.1) is 0 Å². The molecule has 8 heteroatoms. The summed E-state index contributed by atoms with van der Waals surface area (Å²) in [5, 5.41) is 2.96. The van der Waals surface area contributed by atoms with Gasteiger partial charge in [0, 0.05) is 0 Å². The maximum absolute atomic E-state index is 12.2. The number of carbonyl (C=O) groups excluding carboxylic acids is 3. The van der Waals surface area contributed by atoms with Crippen LogP contribution in [0.1, 0.15) is 13.8 Å². The Labute approximate surface area is 138 Å². The number of thioether (sulfide) groups is 1. The van der Waals surface area contributed by atoms with Gasteiger partial charge in [-0.05, 0) is 26.0 Å². The van der Waals surface area contributed by atoms with Gasteiger partial charge in [0.1, 0.15) is 12.1 Å². The van der Waals surface area contributed by atoms with Gasteiger partial charge < -0.3 is 11.1 Å². The van der Waals surface area contributed by atoms with E-state index in [2.05, 4.69) is 10.3 Å². The highest BCUT2D eigenvalue weighted by atomic mass is 32.2. The quantitative estimate of drug-likeness (QED) is 0.824. The summed E-state index contributed by atoms with van der Waals surface area (Å²) < 4.78 is 0. The van der Waals surface area contributed by atoms with E-state index >= 15 is 0 Å². The maximum atomic E-state index is 12.2. The van der Waals surface area contributed by atoms with Gasteiger partial charge in [-0.3, -0.25) is 19.3 Å². The molecule has 2 rings (SSSR count). The van der Waals surface area contributed by atoms with Crippen LogP contribution in [-0.4, -0.2) is 45.6 Å². The zero-order chi connectivity index (χ0) is 17.0. The van der Waals surface area contributed by atoms with Crippen molar-refractivity contribution in [3.05, 3.63) is 30.3 Å². The lowest BCUT2D eigenvalue weighted by Gasteiger charge is -2.24. The van der Waals surface area contributed by atoms with E-state index in [4.69, 9.17) is 5.73 Å². The van der Waals surface area contributed by atoms with Crippen LogP contribution >= 0.6 is 11.8 Å². The monoisotopic (exact) mass is 334 g/mol. The van der Waals surface area contributed by atoms with E-state index in [0.29, 0.717) is 10.9 Å². The molecule has 2 atom stereocenters. The molecule has 0 radical (unpaired) electrons. The molecule has 0 spiro atoms. The topological polar surface area (TPSA) is 105 Å². The predicted octanol–water partition coefficient (Wildman–Crippen LogP) is 0.628. The summed E-state index contributed by atoms with van der Waals surface area (Å²) in [6, 6.07) is 7.61. The van der Waals surface area contributed by atoms with Gasteiger partial charge in [0.15, 0.2) is 5.17 Å². The maximum Gasteiger partial charge on any atom is 0.243 e. The van der Waals surface area contributed by atoms with Crippen molar-refractivity contribution >= 4 is 40.3 Å². The van der Waals surface area contributed by atoms with Crippen molar-refractivity contribution in [2.75, 3.05) is 5.75 Å². The first kappa shape index (κ1) is 17.0. The summed E-state index contributed by atoms with van der Waals surface area (Å²) in [6.07, 6.45) is 0. The number of hydrogen-bond donors (Lipinski definition) is 2. The number of aliphatic imine (C=N–C) groups is 1. The second kappa shape index (κ2) is 7.28. The molecule has 7 nitrogen and oxygen atoms in total. The number of hydrogen-bond acceptors (Lipinski definition) is 5. The van der Waals surface area contributed by atoms with Gasteiger partial charge in [-0.2, -0.15) is 0 Å². The number of rotatable bonds is 5. The average Bonchev–Trinajstić information content (AvgIpc) is 2.88. The molecule has 0 aromatic heterocycles. The highest BCUT2D eigenvalue weighted by molar-refractivity contribution is 8.15. The first-order valence-electron chi connectivity index (χ1n) is 7.08. The van der Waals surface area contributed by atoms with Gasteiger partial charge >= 0.3 is 0 Å². The molecule has 1 aliphatic rings. The highest BCUT2D eigenvalue weighted by Crippen LogP contribution is 2.25. The Morgan fingerprint density at radius 3 is 2.57 bits per heavy atom. The summed E-state index contributed by atoms with van der Waals surface area (Å²) in [4.78, 5) is 41.1. The zero-order valence-electron chi connectivity index (χ0n) is 12.9. The third kappa shape index (κ3) is 4.10. The van der Waals surface area contributed by atoms with E-state index in [1.54, 1.807) is 6.92 Å². The minimum atomic E-state index is -0.801. The molecule has 1 aromatic carbocycles. The standard InChI is InChI=1S/C15H18N4O3S/c1-9(13(16)21)17-14(22)10(2)19-12(20)8-23-15(19)18-11-6-4-3-5-7-11/h3-7,9-10H,8H2,1-2H3,(H2,16,21)(H,17,22). The molecule has 122 valence electrons. The lowest BCUT2D eigenvalue weighted by Crippen LogP contribution is -2.52. The van der Waals surface area contributed by atoms with Crippen molar-refractivity contribution in [2.45, 2.75) is 25.9 Å². The summed E-state index contributed by atoms with van der Waals surface area (Å²) in [5.74, 6) is -1.05. The van der Waals surface area contributed by atoms with Gasteiger partial charge in [-0.25, -0.2) is 4.99 Å². The largest absolute Gasteiger partial charge is 0.368 e. The van der Waals surface area contributed by atoms with Crippen molar-refractivity contribution in [3.8, 4) is 0 Å². The number of primary amides is 1. The molecule has 3 N–H and O–H groups in total. The number of nitrogens with two attached hydrogens (primary N) is 1. The van der Waals surface area contributed by atoms with Gasteiger partial charge in [-0.1, -0.05) is 30.0 Å². The van der Waals surface area contributed by atoms with Gasteiger partial charge in [0.05, 0.1) is 11.4 Å². The van der Waals surface area contributed by atoms with Crippen LogP contribution in [0.4, 0.5) is 5.69 Å². The van der Waals surface area contributed by atoms with E-state index in [1.165, 1.54) is 23.6 Å². The first-order valence-corrected chi connectivity index (χ1v) is 8.07. The Morgan fingerprint density at radius 2 is 1.96 bits per heavy atom. The van der Waals surface area contributed by atoms with Crippen molar-refractivity contribution < 1.29 is 14.4 Å². The molecule has 0 saturated carbocycles. The number of amidine groups is 1. The van der Waals surface area contributed by atoms with E-state index in [0.717, 1.165) is 0 Å². The Balaban J connectivity index is 2.17. The van der Waals surface area contributed by atoms with Crippen LogP contribution in [0.2, 0.25) is 0 Å². The number of amides is 3. The molecule has 1 fully saturated rings. The summed E-state index contributed by atoms with van der Waals surface area (Å²) in [5.41, 5.74) is 5.83. The molecule has 23 heavy (non-hydrogen) atoms. The van der Waals surface area contributed by atoms with Crippen LogP contribution in [0.3, 0.4) is 0 Å². The second-order valence-corrected chi connectivity index (χ2v) is 6.03. The Kier molecular flexibility index (Phi) is 5.38. The van der Waals surface area contributed by atoms with E-state index in [9.17, 15) is 14.4 Å². The fraction of sp³-hybridized carbons (Fsp3) is 0.333. The fourth-order valence-corrected chi connectivity index (χ4v) is 2.94. The molecule has 2 unspecified atom stereocenters. The zero-order valence-corrected chi connectivity index (χ0v) is 13.7. The molecule has 1 aromatic rings. The van der Waals surface area contributed by atoms with E-state index < -0.39 is 23.9 Å². The molecule has 1 saturated heterocycles. The van der Waals surface area contributed by atoms with Crippen LogP contribution in [-0.2, 0) is 14.4 Å². The lowest BCUT2D eigenvalue weighted by molar-refractivity contribution is -0.134. The summed E-state index contributed by atoms with van der Waals surface area (Å²) in [6.45, 7) is 3.08. The smallest absolute Gasteiger partial charge is 0.243 e. The molecular formula is C15H18N4O3S.